The minimum absolute atomic E-state index is 0.0216. The molecule has 2 aliphatic rings. The van der Waals surface area contributed by atoms with E-state index in [9.17, 15) is 9.59 Å². The van der Waals surface area contributed by atoms with Gasteiger partial charge in [0.15, 0.2) is 5.96 Å². The molecule has 1 aliphatic heterocycles. The Hall–Kier alpha value is -4.17. The van der Waals surface area contributed by atoms with Crippen molar-refractivity contribution in [1.82, 2.24) is 15.5 Å². The van der Waals surface area contributed by atoms with Gasteiger partial charge in [-0.2, -0.15) is 0 Å². The number of carbonyl (C=O) groups excluding carboxylic acids is 2. The van der Waals surface area contributed by atoms with Gasteiger partial charge in [-0.25, -0.2) is 0 Å². The Morgan fingerprint density at radius 3 is 2.12 bits per heavy atom. The maximum absolute atomic E-state index is 14.0. The number of nitrogens with one attached hydrogen (secondary N) is 2. The Bertz CT molecular complexity index is 1290. The van der Waals surface area contributed by atoms with Gasteiger partial charge in [0.05, 0.1) is 6.04 Å². The fourth-order valence-corrected chi connectivity index (χ4v) is 6.24. The Morgan fingerprint density at radius 2 is 1.52 bits per heavy atom. The number of amides is 2. The average molecular weight is 567 g/mol. The number of rotatable bonds is 11. The maximum atomic E-state index is 14.0. The highest BCUT2D eigenvalue weighted by molar-refractivity contribution is 5.83. The number of guanidine groups is 1. The summed E-state index contributed by atoms with van der Waals surface area (Å²) in [6.45, 7) is 2.15. The van der Waals surface area contributed by atoms with Crippen LogP contribution >= 0.6 is 0 Å². The van der Waals surface area contributed by atoms with Gasteiger partial charge in [0.1, 0.15) is 0 Å². The lowest BCUT2D eigenvalue weighted by molar-refractivity contribution is -0.133. The molecule has 6 N–H and O–H groups in total. The van der Waals surface area contributed by atoms with Gasteiger partial charge in [0.2, 0.25) is 11.8 Å². The number of nitrogens with zero attached hydrogens (tertiary/aromatic N) is 2. The highest BCUT2D eigenvalue weighted by Gasteiger charge is 2.33. The third-order valence-corrected chi connectivity index (χ3v) is 8.49. The summed E-state index contributed by atoms with van der Waals surface area (Å²) >= 11 is 0. The summed E-state index contributed by atoms with van der Waals surface area (Å²) in [5, 5.41) is 6.78. The topological polar surface area (TPSA) is 126 Å². The van der Waals surface area contributed by atoms with Crippen molar-refractivity contribution in [1.29, 1.82) is 0 Å². The number of carbonyl (C=O) groups is 2. The molecule has 3 aromatic rings. The minimum Gasteiger partial charge on any atom is -0.370 e. The van der Waals surface area contributed by atoms with Crippen molar-refractivity contribution in [2.24, 2.45) is 22.4 Å². The normalized spacial score (nSPS) is 18.9. The molecule has 1 aliphatic carbocycles. The van der Waals surface area contributed by atoms with E-state index in [2.05, 4.69) is 52.0 Å². The molecule has 2 atom stereocenters. The lowest BCUT2D eigenvalue weighted by Gasteiger charge is -2.29. The number of hydrogen-bond acceptors (Lipinski definition) is 4. The first-order valence-electron chi connectivity index (χ1n) is 15.0. The molecule has 1 fully saturated rings. The van der Waals surface area contributed by atoms with Crippen molar-refractivity contribution in [2.45, 2.75) is 50.1 Å². The standard InChI is InChI=1S/C34H42N6O2/c35-34(36)37-18-9-16-31-33(42)40(23-30(24-10-3-1-4-11-24)25-12-5-2-6-13-25)19-17-29(39-31)22-38-32(41)28-20-26-14-7-8-15-27(26)21-28/h1-8,10-15,28-31,39H,9,16-23H2,(H,38,41)(H4,35,36,37)/t29-,31?/m0/s1. The predicted octanol–water partition coefficient (Wildman–Crippen LogP) is 2.96. The third-order valence-electron chi connectivity index (χ3n) is 8.49. The van der Waals surface area contributed by atoms with Crippen molar-refractivity contribution in [3.05, 3.63) is 107 Å². The highest BCUT2D eigenvalue weighted by Crippen LogP contribution is 2.28. The fraction of sp³-hybridized carbons (Fsp3) is 0.382. The molecule has 0 saturated carbocycles. The number of hydrogen-bond donors (Lipinski definition) is 4. The molecule has 1 saturated heterocycles. The summed E-state index contributed by atoms with van der Waals surface area (Å²) in [7, 11) is 0. The van der Waals surface area contributed by atoms with Crippen LogP contribution in [-0.2, 0) is 22.4 Å². The maximum Gasteiger partial charge on any atom is 0.239 e. The first-order chi connectivity index (χ1) is 20.5. The summed E-state index contributed by atoms with van der Waals surface area (Å²) in [5.41, 5.74) is 15.9. The highest BCUT2D eigenvalue weighted by atomic mass is 16.2. The molecule has 0 spiro atoms. The van der Waals surface area contributed by atoms with E-state index in [0.29, 0.717) is 39.0 Å². The summed E-state index contributed by atoms with van der Waals surface area (Å²) in [6.07, 6.45) is 3.59. The Kier molecular flexibility index (Phi) is 9.87. The molecular formula is C34H42N6O2. The van der Waals surface area contributed by atoms with E-state index in [1.165, 1.54) is 22.3 Å². The molecule has 220 valence electrons. The molecule has 5 rings (SSSR count). The fourth-order valence-electron chi connectivity index (χ4n) is 6.24. The van der Waals surface area contributed by atoms with Crippen LogP contribution in [0.15, 0.2) is 89.9 Å². The van der Waals surface area contributed by atoms with Gasteiger partial charge >= 0.3 is 0 Å². The smallest absolute Gasteiger partial charge is 0.239 e. The second kappa shape index (κ2) is 14.1. The summed E-state index contributed by atoms with van der Waals surface area (Å²) in [6, 6.07) is 28.6. The van der Waals surface area contributed by atoms with E-state index in [4.69, 9.17) is 11.5 Å². The van der Waals surface area contributed by atoms with Crippen LogP contribution in [0.3, 0.4) is 0 Å². The average Bonchev–Trinajstić information content (AvgIpc) is 3.39. The molecule has 2 amide bonds. The molecule has 1 unspecified atom stereocenters. The second-order valence-electron chi connectivity index (χ2n) is 11.4. The van der Waals surface area contributed by atoms with Gasteiger partial charge in [-0.05, 0) is 54.4 Å². The van der Waals surface area contributed by atoms with Crippen molar-refractivity contribution in [3.8, 4) is 0 Å². The van der Waals surface area contributed by atoms with Crippen LogP contribution in [0.25, 0.3) is 0 Å². The van der Waals surface area contributed by atoms with Gasteiger partial charge in [0, 0.05) is 44.1 Å². The zero-order chi connectivity index (χ0) is 29.3. The van der Waals surface area contributed by atoms with E-state index < -0.39 is 0 Å². The summed E-state index contributed by atoms with van der Waals surface area (Å²) in [4.78, 5) is 33.2. The van der Waals surface area contributed by atoms with Crippen LogP contribution in [0.5, 0.6) is 0 Å². The number of benzene rings is 3. The molecule has 1 heterocycles. The third kappa shape index (κ3) is 7.56. The number of fused-ring (bicyclic) bond motifs is 1. The predicted molar refractivity (Wildman–Crippen MR) is 167 cm³/mol. The van der Waals surface area contributed by atoms with Gasteiger partial charge in [-0.15, -0.1) is 0 Å². The Morgan fingerprint density at radius 1 is 0.929 bits per heavy atom. The first-order valence-corrected chi connectivity index (χ1v) is 15.0. The van der Waals surface area contributed by atoms with E-state index in [1.54, 1.807) is 0 Å². The molecule has 0 radical (unpaired) electrons. The SMILES string of the molecule is NC(N)=NCCCC1N[C@H](CNC(=O)C2Cc3ccccc3C2)CCN(CC(c2ccccc2)c2ccccc2)C1=O. The van der Waals surface area contributed by atoms with Crippen molar-refractivity contribution >= 4 is 17.8 Å². The Labute approximate surface area is 248 Å². The van der Waals surface area contributed by atoms with Crippen LogP contribution in [0.4, 0.5) is 0 Å². The van der Waals surface area contributed by atoms with E-state index >= 15 is 0 Å². The van der Waals surface area contributed by atoms with Gasteiger partial charge in [0.25, 0.3) is 0 Å². The monoisotopic (exact) mass is 566 g/mol. The van der Waals surface area contributed by atoms with E-state index in [-0.39, 0.29) is 41.7 Å². The molecule has 8 nitrogen and oxygen atoms in total. The number of nitrogens with two attached hydrogens (primary N) is 2. The van der Waals surface area contributed by atoms with Crippen molar-refractivity contribution < 1.29 is 9.59 Å². The number of aliphatic imine (C=N–C) groups is 1. The molecule has 3 aromatic carbocycles. The van der Waals surface area contributed by atoms with Crippen LogP contribution in [-0.4, -0.2) is 60.9 Å². The summed E-state index contributed by atoms with van der Waals surface area (Å²) < 4.78 is 0. The van der Waals surface area contributed by atoms with Gasteiger partial charge in [-0.1, -0.05) is 84.9 Å². The molecule has 8 heteroatoms. The second-order valence-corrected chi connectivity index (χ2v) is 11.4. The largest absolute Gasteiger partial charge is 0.370 e. The lowest BCUT2D eigenvalue weighted by Crippen LogP contribution is -2.49. The van der Waals surface area contributed by atoms with Gasteiger partial charge < -0.3 is 27.0 Å². The van der Waals surface area contributed by atoms with Crippen LogP contribution in [0.2, 0.25) is 0 Å². The zero-order valence-electron chi connectivity index (χ0n) is 24.1. The van der Waals surface area contributed by atoms with Crippen LogP contribution < -0.4 is 22.1 Å². The zero-order valence-corrected chi connectivity index (χ0v) is 24.1. The molecule has 0 aromatic heterocycles. The van der Waals surface area contributed by atoms with E-state index in [0.717, 1.165) is 19.3 Å². The first kappa shape index (κ1) is 29.3. The molecular weight excluding hydrogens is 524 g/mol. The quantitative estimate of drug-likeness (QED) is 0.161. The Balaban J connectivity index is 1.28. The summed E-state index contributed by atoms with van der Waals surface area (Å²) in [5.74, 6) is 0.229. The lowest BCUT2D eigenvalue weighted by atomic mass is 9.90. The van der Waals surface area contributed by atoms with E-state index in [1.807, 2.05) is 53.4 Å². The van der Waals surface area contributed by atoms with Crippen molar-refractivity contribution in [2.75, 3.05) is 26.2 Å². The van der Waals surface area contributed by atoms with Crippen LogP contribution in [0, 0.1) is 5.92 Å². The molecule has 42 heavy (non-hydrogen) atoms. The van der Waals surface area contributed by atoms with Crippen molar-refractivity contribution in [3.63, 3.8) is 0 Å². The molecule has 0 bridgehead atoms. The van der Waals surface area contributed by atoms with Crippen LogP contribution in [0.1, 0.15) is 47.4 Å². The minimum atomic E-state index is -0.383. The van der Waals surface area contributed by atoms with Gasteiger partial charge in [-0.3, -0.25) is 14.6 Å².